The SMILES string of the molecule is CCCCOc1ccccc1C(=O)Oc1ccc2c(c1)OC(N)=C(C#N)C2c1ccc(OCCC)c(OCC)c1. The van der Waals surface area contributed by atoms with Crippen molar-refractivity contribution in [3.8, 4) is 34.8 Å². The third-order valence-corrected chi connectivity index (χ3v) is 6.33. The molecule has 40 heavy (non-hydrogen) atoms. The zero-order chi connectivity index (χ0) is 28.5. The second kappa shape index (κ2) is 13.4. The predicted molar refractivity (Wildman–Crippen MR) is 151 cm³/mol. The van der Waals surface area contributed by atoms with Crippen LogP contribution in [0.2, 0.25) is 0 Å². The third kappa shape index (κ3) is 6.32. The van der Waals surface area contributed by atoms with Gasteiger partial charge in [0.05, 0.1) is 25.7 Å². The third-order valence-electron chi connectivity index (χ3n) is 6.33. The number of benzene rings is 3. The van der Waals surface area contributed by atoms with Gasteiger partial charge < -0.3 is 29.4 Å². The fourth-order valence-corrected chi connectivity index (χ4v) is 4.40. The first-order chi connectivity index (χ1) is 19.5. The maximum Gasteiger partial charge on any atom is 0.347 e. The van der Waals surface area contributed by atoms with Crippen LogP contribution in [-0.4, -0.2) is 25.8 Å². The summed E-state index contributed by atoms with van der Waals surface area (Å²) >= 11 is 0. The molecule has 0 aromatic heterocycles. The first-order valence-electron chi connectivity index (χ1n) is 13.6. The molecule has 0 saturated heterocycles. The van der Waals surface area contributed by atoms with E-state index >= 15 is 0 Å². The number of ether oxygens (including phenoxy) is 5. The van der Waals surface area contributed by atoms with E-state index in [0.717, 1.165) is 24.8 Å². The van der Waals surface area contributed by atoms with Crippen LogP contribution in [0, 0.1) is 11.3 Å². The largest absolute Gasteiger partial charge is 0.493 e. The molecule has 3 aromatic carbocycles. The van der Waals surface area contributed by atoms with Crippen molar-refractivity contribution in [1.82, 2.24) is 0 Å². The van der Waals surface area contributed by atoms with Gasteiger partial charge in [-0.15, -0.1) is 0 Å². The number of rotatable bonds is 12. The molecule has 1 unspecified atom stereocenters. The average Bonchev–Trinajstić information content (AvgIpc) is 2.96. The van der Waals surface area contributed by atoms with Gasteiger partial charge in [0.2, 0.25) is 5.88 Å². The molecule has 0 bridgehead atoms. The minimum atomic E-state index is -0.551. The first kappa shape index (κ1) is 28.4. The summed E-state index contributed by atoms with van der Waals surface area (Å²) in [7, 11) is 0. The van der Waals surface area contributed by atoms with Crippen LogP contribution in [-0.2, 0) is 0 Å². The number of fused-ring (bicyclic) bond motifs is 1. The highest BCUT2D eigenvalue weighted by Crippen LogP contribution is 2.45. The van der Waals surface area contributed by atoms with Gasteiger partial charge in [-0.2, -0.15) is 5.26 Å². The second-order valence-corrected chi connectivity index (χ2v) is 9.20. The molecule has 8 nitrogen and oxygen atoms in total. The van der Waals surface area contributed by atoms with Crippen molar-refractivity contribution in [1.29, 1.82) is 5.26 Å². The van der Waals surface area contributed by atoms with Crippen LogP contribution >= 0.6 is 0 Å². The second-order valence-electron chi connectivity index (χ2n) is 9.20. The van der Waals surface area contributed by atoms with Gasteiger partial charge in [0.15, 0.2) is 11.5 Å². The maximum absolute atomic E-state index is 13.0. The summed E-state index contributed by atoms with van der Waals surface area (Å²) in [6, 6.07) is 19.8. The summed E-state index contributed by atoms with van der Waals surface area (Å²) < 4.78 is 29.0. The molecular weight excluding hydrogens is 508 g/mol. The van der Waals surface area contributed by atoms with Crippen molar-refractivity contribution < 1.29 is 28.5 Å². The molecular formula is C32H34N2O6. The van der Waals surface area contributed by atoms with Gasteiger partial charge in [-0.05, 0) is 55.7 Å². The lowest BCUT2D eigenvalue weighted by Gasteiger charge is -2.27. The summed E-state index contributed by atoms with van der Waals surface area (Å²) in [5.41, 5.74) is 8.30. The van der Waals surface area contributed by atoms with Crippen LogP contribution in [0.15, 0.2) is 72.1 Å². The van der Waals surface area contributed by atoms with E-state index in [-0.39, 0.29) is 17.2 Å². The molecule has 1 heterocycles. The quantitative estimate of drug-likeness (QED) is 0.157. The van der Waals surface area contributed by atoms with Crippen LogP contribution in [0.1, 0.15) is 67.4 Å². The Bertz CT molecular complexity index is 1430. The normalized spacial score (nSPS) is 14.0. The molecule has 8 heteroatoms. The van der Waals surface area contributed by atoms with E-state index in [9.17, 15) is 10.1 Å². The Hall–Kier alpha value is -4.64. The number of allylic oxidation sites excluding steroid dienone is 1. The van der Waals surface area contributed by atoms with E-state index < -0.39 is 11.9 Å². The highest BCUT2D eigenvalue weighted by atomic mass is 16.5. The number of esters is 1. The Balaban J connectivity index is 1.64. The van der Waals surface area contributed by atoms with Gasteiger partial charge in [-0.3, -0.25) is 0 Å². The van der Waals surface area contributed by atoms with Gasteiger partial charge in [0, 0.05) is 11.6 Å². The fourth-order valence-electron chi connectivity index (χ4n) is 4.40. The standard InChI is InChI=1S/C32H34N2O6/c1-4-7-17-38-26-11-9-8-10-24(26)32(35)39-22-13-14-23-28(19-22)40-31(34)25(20-33)30(23)21-12-15-27(37-16-5-2)29(18-21)36-6-3/h8-15,18-19,30H,4-7,16-17,34H2,1-3H3. The van der Waals surface area contributed by atoms with Gasteiger partial charge in [-0.1, -0.05) is 44.5 Å². The average molecular weight is 543 g/mol. The van der Waals surface area contributed by atoms with E-state index in [4.69, 9.17) is 29.4 Å². The Kier molecular flexibility index (Phi) is 9.53. The van der Waals surface area contributed by atoms with E-state index in [1.165, 1.54) is 0 Å². The topological polar surface area (TPSA) is 113 Å². The van der Waals surface area contributed by atoms with Gasteiger partial charge in [0.1, 0.15) is 34.5 Å². The number of nitrogens with zero attached hydrogens (tertiary/aromatic N) is 1. The lowest BCUT2D eigenvalue weighted by atomic mass is 9.83. The Morgan fingerprint density at radius 1 is 0.925 bits per heavy atom. The number of para-hydroxylation sites is 1. The van der Waals surface area contributed by atoms with Crippen molar-refractivity contribution in [3.05, 3.63) is 88.8 Å². The van der Waals surface area contributed by atoms with Crippen LogP contribution in [0.5, 0.6) is 28.7 Å². The lowest BCUT2D eigenvalue weighted by molar-refractivity contribution is 0.0730. The number of unbranched alkanes of at least 4 members (excludes halogenated alkanes) is 1. The van der Waals surface area contributed by atoms with Crippen LogP contribution in [0.3, 0.4) is 0 Å². The molecule has 0 amide bonds. The van der Waals surface area contributed by atoms with Crippen molar-refractivity contribution in [3.63, 3.8) is 0 Å². The minimum Gasteiger partial charge on any atom is -0.493 e. The van der Waals surface area contributed by atoms with Crippen molar-refractivity contribution >= 4 is 5.97 Å². The Labute approximate surface area is 234 Å². The minimum absolute atomic E-state index is 0.0117. The van der Waals surface area contributed by atoms with E-state index in [1.807, 2.05) is 38.1 Å². The molecule has 0 fully saturated rings. The summed E-state index contributed by atoms with van der Waals surface area (Å²) in [4.78, 5) is 13.0. The fraction of sp³-hybridized carbons (Fsp3) is 0.312. The van der Waals surface area contributed by atoms with E-state index in [2.05, 4.69) is 13.0 Å². The number of hydrogen-bond acceptors (Lipinski definition) is 8. The highest BCUT2D eigenvalue weighted by molar-refractivity contribution is 5.94. The van der Waals surface area contributed by atoms with E-state index in [0.29, 0.717) is 53.9 Å². The smallest absolute Gasteiger partial charge is 0.347 e. The van der Waals surface area contributed by atoms with Crippen molar-refractivity contribution in [2.75, 3.05) is 19.8 Å². The number of carbonyl (C=O) groups excluding carboxylic acids is 1. The maximum atomic E-state index is 13.0. The molecule has 0 radical (unpaired) electrons. The molecule has 2 N–H and O–H groups in total. The summed E-state index contributed by atoms with van der Waals surface area (Å²) in [6.45, 7) is 7.54. The van der Waals surface area contributed by atoms with E-state index in [1.54, 1.807) is 36.4 Å². The van der Waals surface area contributed by atoms with Crippen molar-refractivity contribution in [2.45, 2.75) is 46.0 Å². The van der Waals surface area contributed by atoms with Gasteiger partial charge in [-0.25, -0.2) is 4.79 Å². The monoisotopic (exact) mass is 542 g/mol. The van der Waals surface area contributed by atoms with Gasteiger partial charge >= 0.3 is 5.97 Å². The van der Waals surface area contributed by atoms with Crippen LogP contribution < -0.4 is 29.4 Å². The first-order valence-corrected chi connectivity index (χ1v) is 13.6. The molecule has 3 aromatic rings. The van der Waals surface area contributed by atoms with Crippen molar-refractivity contribution in [2.24, 2.45) is 5.73 Å². The molecule has 0 saturated carbocycles. The number of nitrogens with two attached hydrogens (primary N) is 1. The Morgan fingerprint density at radius 2 is 1.73 bits per heavy atom. The predicted octanol–water partition coefficient (Wildman–Crippen LogP) is 6.49. The van der Waals surface area contributed by atoms with Crippen LogP contribution in [0.4, 0.5) is 0 Å². The number of nitriles is 1. The molecule has 4 rings (SSSR count). The molecule has 0 aliphatic carbocycles. The zero-order valence-electron chi connectivity index (χ0n) is 23.1. The molecule has 1 aliphatic heterocycles. The number of hydrogen-bond donors (Lipinski definition) is 1. The number of carbonyl (C=O) groups is 1. The zero-order valence-corrected chi connectivity index (χ0v) is 23.1. The molecule has 0 spiro atoms. The lowest BCUT2D eigenvalue weighted by Crippen LogP contribution is -2.21. The molecule has 208 valence electrons. The van der Waals surface area contributed by atoms with Gasteiger partial charge in [0.25, 0.3) is 0 Å². The highest BCUT2D eigenvalue weighted by Gasteiger charge is 2.32. The molecule has 1 atom stereocenters. The molecule has 1 aliphatic rings. The Morgan fingerprint density at radius 3 is 2.48 bits per heavy atom. The summed E-state index contributed by atoms with van der Waals surface area (Å²) in [5, 5.41) is 9.96. The summed E-state index contributed by atoms with van der Waals surface area (Å²) in [5.74, 6) is 1.29. The van der Waals surface area contributed by atoms with Crippen LogP contribution in [0.25, 0.3) is 0 Å². The summed E-state index contributed by atoms with van der Waals surface area (Å²) in [6.07, 6.45) is 2.73.